The van der Waals surface area contributed by atoms with E-state index in [0.717, 1.165) is 38.5 Å². The minimum Gasteiger partial charge on any atom is -0.357 e. The average molecular weight is 304 g/mol. The van der Waals surface area contributed by atoms with Gasteiger partial charge in [-0.2, -0.15) is 0 Å². The van der Waals surface area contributed by atoms with Crippen LogP contribution < -0.4 is 11.1 Å². The van der Waals surface area contributed by atoms with Gasteiger partial charge in [0.15, 0.2) is 0 Å². The van der Waals surface area contributed by atoms with Gasteiger partial charge in [-0.15, -0.1) is 12.4 Å². The van der Waals surface area contributed by atoms with Gasteiger partial charge < -0.3 is 16.0 Å². The molecule has 20 heavy (non-hydrogen) atoms. The Morgan fingerprint density at radius 2 is 1.95 bits per heavy atom. The maximum Gasteiger partial charge on any atom is 0.242 e. The molecule has 0 aromatic carbocycles. The molecule has 1 unspecified atom stereocenters. The Labute approximate surface area is 127 Å². The van der Waals surface area contributed by atoms with Crippen LogP contribution in [-0.2, 0) is 9.59 Å². The van der Waals surface area contributed by atoms with Crippen molar-refractivity contribution in [2.24, 2.45) is 17.6 Å². The fraction of sp³-hybridized carbons (Fsp3) is 0.857. The molecule has 1 aliphatic heterocycles. The number of hydrogen-bond donors (Lipinski definition) is 2. The zero-order valence-corrected chi connectivity index (χ0v) is 13.0. The Hall–Kier alpha value is -0.810. The molecule has 2 fully saturated rings. The van der Waals surface area contributed by atoms with Gasteiger partial charge in [-0.3, -0.25) is 9.59 Å². The van der Waals surface area contributed by atoms with Gasteiger partial charge in [0.1, 0.15) is 6.04 Å². The van der Waals surface area contributed by atoms with Crippen molar-refractivity contribution in [1.82, 2.24) is 10.2 Å². The van der Waals surface area contributed by atoms with E-state index in [1.165, 1.54) is 0 Å². The van der Waals surface area contributed by atoms with Crippen molar-refractivity contribution in [3.8, 4) is 0 Å². The third-order valence-electron chi connectivity index (χ3n) is 4.61. The number of carbonyl (C=O) groups excluding carboxylic acids is 2. The topological polar surface area (TPSA) is 75.4 Å². The van der Waals surface area contributed by atoms with E-state index in [9.17, 15) is 9.59 Å². The lowest BCUT2D eigenvalue weighted by Gasteiger charge is -2.37. The molecule has 3 N–H and O–H groups in total. The highest BCUT2D eigenvalue weighted by atomic mass is 35.5. The number of carbonyl (C=O) groups is 2. The number of hydrogen-bond acceptors (Lipinski definition) is 3. The van der Waals surface area contributed by atoms with Gasteiger partial charge in [0.2, 0.25) is 11.8 Å². The summed E-state index contributed by atoms with van der Waals surface area (Å²) >= 11 is 0. The molecule has 1 aliphatic carbocycles. The maximum atomic E-state index is 12.7. The molecule has 5 nitrogen and oxygen atoms in total. The molecule has 6 heteroatoms. The summed E-state index contributed by atoms with van der Waals surface area (Å²) in [7, 11) is 1.64. The monoisotopic (exact) mass is 303 g/mol. The normalized spacial score (nSPS) is 29.7. The molecule has 0 bridgehead atoms. The van der Waals surface area contributed by atoms with Crippen LogP contribution in [0.25, 0.3) is 0 Å². The number of piperidine rings is 1. The Morgan fingerprint density at radius 1 is 1.20 bits per heavy atom. The minimum absolute atomic E-state index is 0. The number of rotatable bonds is 3. The zero-order chi connectivity index (χ0) is 13.8. The highest BCUT2D eigenvalue weighted by Gasteiger charge is 2.39. The van der Waals surface area contributed by atoms with Crippen LogP contribution in [0.3, 0.4) is 0 Å². The number of nitrogens with zero attached hydrogens (tertiary/aromatic N) is 1. The molecule has 1 saturated carbocycles. The summed E-state index contributed by atoms with van der Waals surface area (Å²) in [5.74, 6) is 0.464. The third-order valence-corrected chi connectivity index (χ3v) is 4.61. The largest absolute Gasteiger partial charge is 0.357 e. The first kappa shape index (κ1) is 17.2. The number of likely N-dealkylation sites (tertiary alicyclic amines) is 1. The van der Waals surface area contributed by atoms with E-state index in [1.54, 1.807) is 11.9 Å². The number of nitrogens with one attached hydrogen (secondary N) is 1. The standard InChI is InChI=1S/C14H25N3O2.ClH/c1-16-13(18)12-7-2-3-8-17(12)14(19)11-6-4-5-10(11)9-15;/h10-12H,2-9,15H2,1H3,(H,16,18);1H/t10-,11-,12?;/m1./s1. The van der Waals surface area contributed by atoms with Gasteiger partial charge in [0, 0.05) is 19.5 Å². The Balaban J connectivity index is 0.00000200. The SMILES string of the molecule is CNC(=O)C1CCCCN1C(=O)[C@@H]1CCC[C@@H]1CN.Cl. The number of nitrogens with two attached hydrogens (primary N) is 1. The Bertz CT molecular complexity index is 351. The molecule has 0 aromatic rings. The number of amides is 2. The predicted molar refractivity (Wildman–Crippen MR) is 80.6 cm³/mol. The van der Waals surface area contributed by atoms with Crippen LogP contribution in [-0.4, -0.2) is 42.9 Å². The second-order valence-electron chi connectivity index (χ2n) is 5.69. The van der Waals surface area contributed by atoms with Crippen molar-refractivity contribution in [2.45, 2.75) is 44.6 Å². The summed E-state index contributed by atoms with van der Waals surface area (Å²) in [6.07, 6.45) is 5.86. The van der Waals surface area contributed by atoms with E-state index in [2.05, 4.69) is 5.32 Å². The van der Waals surface area contributed by atoms with Gasteiger partial charge in [0.05, 0.1) is 0 Å². The van der Waals surface area contributed by atoms with E-state index in [1.807, 2.05) is 0 Å². The maximum absolute atomic E-state index is 12.7. The molecule has 1 saturated heterocycles. The van der Waals surface area contributed by atoms with Crippen molar-refractivity contribution < 1.29 is 9.59 Å². The van der Waals surface area contributed by atoms with Crippen molar-refractivity contribution in [3.63, 3.8) is 0 Å². The van der Waals surface area contributed by atoms with Gasteiger partial charge in [-0.25, -0.2) is 0 Å². The molecule has 3 atom stereocenters. The van der Waals surface area contributed by atoms with Gasteiger partial charge in [0.25, 0.3) is 0 Å². The quantitative estimate of drug-likeness (QED) is 0.814. The highest BCUT2D eigenvalue weighted by molar-refractivity contribution is 5.88. The van der Waals surface area contributed by atoms with E-state index in [0.29, 0.717) is 19.0 Å². The third kappa shape index (κ3) is 3.44. The van der Waals surface area contributed by atoms with Crippen LogP contribution >= 0.6 is 12.4 Å². The van der Waals surface area contributed by atoms with Crippen LogP contribution in [0.2, 0.25) is 0 Å². The van der Waals surface area contributed by atoms with Crippen molar-refractivity contribution >= 4 is 24.2 Å². The molecule has 2 amide bonds. The first-order valence-corrected chi connectivity index (χ1v) is 7.41. The molecular formula is C14H26ClN3O2. The van der Waals surface area contributed by atoms with Crippen molar-refractivity contribution in [3.05, 3.63) is 0 Å². The van der Waals surface area contributed by atoms with Gasteiger partial charge >= 0.3 is 0 Å². The summed E-state index contributed by atoms with van der Waals surface area (Å²) in [5.41, 5.74) is 5.76. The van der Waals surface area contributed by atoms with Gasteiger partial charge in [-0.1, -0.05) is 6.42 Å². The van der Waals surface area contributed by atoms with Crippen LogP contribution in [0.5, 0.6) is 0 Å². The van der Waals surface area contributed by atoms with E-state index in [4.69, 9.17) is 5.73 Å². The predicted octanol–water partition coefficient (Wildman–Crippen LogP) is 0.910. The summed E-state index contributed by atoms with van der Waals surface area (Å²) in [6, 6.07) is -0.273. The summed E-state index contributed by atoms with van der Waals surface area (Å²) in [4.78, 5) is 26.4. The molecule has 116 valence electrons. The molecule has 2 rings (SSSR count). The highest BCUT2D eigenvalue weighted by Crippen LogP contribution is 2.34. The second kappa shape index (κ2) is 7.84. The lowest BCUT2D eigenvalue weighted by molar-refractivity contribution is -0.146. The van der Waals surface area contributed by atoms with Crippen molar-refractivity contribution in [2.75, 3.05) is 20.1 Å². The Kier molecular flexibility index (Phi) is 6.76. The van der Waals surface area contributed by atoms with Crippen LogP contribution in [0.1, 0.15) is 38.5 Å². The lowest BCUT2D eigenvalue weighted by atomic mass is 9.92. The summed E-state index contributed by atoms with van der Waals surface area (Å²) in [6.45, 7) is 1.29. The van der Waals surface area contributed by atoms with E-state index < -0.39 is 0 Å². The van der Waals surface area contributed by atoms with Crippen LogP contribution in [0, 0.1) is 11.8 Å². The smallest absolute Gasteiger partial charge is 0.242 e. The van der Waals surface area contributed by atoms with Crippen molar-refractivity contribution in [1.29, 1.82) is 0 Å². The average Bonchev–Trinajstić information content (AvgIpc) is 2.94. The molecule has 0 spiro atoms. The number of likely N-dealkylation sites (N-methyl/N-ethyl adjacent to an activating group) is 1. The molecule has 0 radical (unpaired) electrons. The minimum atomic E-state index is -0.273. The molecule has 1 heterocycles. The zero-order valence-electron chi connectivity index (χ0n) is 12.1. The van der Waals surface area contributed by atoms with E-state index in [-0.39, 0.29) is 36.2 Å². The van der Waals surface area contributed by atoms with Gasteiger partial charge in [-0.05, 0) is 44.6 Å². The fourth-order valence-corrected chi connectivity index (χ4v) is 3.49. The van der Waals surface area contributed by atoms with E-state index >= 15 is 0 Å². The Morgan fingerprint density at radius 3 is 2.60 bits per heavy atom. The molecular weight excluding hydrogens is 278 g/mol. The lowest BCUT2D eigenvalue weighted by Crippen LogP contribution is -2.53. The summed E-state index contributed by atoms with van der Waals surface area (Å²) < 4.78 is 0. The first-order chi connectivity index (χ1) is 9.19. The number of halogens is 1. The first-order valence-electron chi connectivity index (χ1n) is 7.41. The molecule has 0 aromatic heterocycles. The fourth-order valence-electron chi connectivity index (χ4n) is 3.49. The summed E-state index contributed by atoms with van der Waals surface area (Å²) in [5, 5.41) is 2.68. The van der Waals surface area contributed by atoms with Crippen LogP contribution in [0.4, 0.5) is 0 Å². The second-order valence-corrected chi connectivity index (χ2v) is 5.69. The van der Waals surface area contributed by atoms with Crippen LogP contribution in [0.15, 0.2) is 0 Å². The molecule has 2 aliphatic rings.